The second kappa shape index (κ2) is 5.62. The number of aromatic nitrogens is 2. The van der Waals surface area contributed by atoms with Crippen molar-refractivity contribution in [2.45, 2.75) is 0 Å². The molecule has 0 atom stereocenters. The van der Waals surface area contributed by atoms with Crippen LogP contribution in [0.25, 0.3) is 11.4 Å². The van der Waals surface area contributed by atoms with Crippen LogP contribution in [0.2, 0.25) is 0 Å². The molecule has 0 saturated heterocycles. The lowest BCUT2D eigenvalue weighted by atomic mass is 10.3. The van der Waals surface area contributed by atoms with Crippen LogP contribution >= 0.6 is 45.2 Å². The first-order valence-electron chi connectivity index (χ1n) is 5.83. The van der Waals surface area contributed by atoms with Crippen LogP contribution in [0.15, 0.2) is 67.3 Å². The maximum absolute atomic E-state index is 2.32. The third-order valence-corrected chi connectivity index (χ3v) is 4.32. The number of benzene rings is 2. The zero-order valence-electron chi connectivity index (χ0n) is 10.0. The van der Waals surface area contributed by atoms with Gasteiger partial charge in [-0.15, -0.1) is 0 Å². The van der Waals surface area contributed by atoms with Crippen LogP contribution in [0.1, 0.15) is 0 Å². The van der Waals surface area contributed by atoms with Crippen molar-refractivity contribution in [3.8, 4) is 11.4 Å². The van der Waals surface area contributed by atoms with Crippen LogP contribution < -0.4 is 4.57 Å². The highest BCUT2D eigenvalue weighted by atomic mass is 127. The van der Waals surface area contributed by atoms with Crippen molar-refractivity contribution in [3.63, 3.8) is 0 Å². The molecule has 0 N–H and O–H groups in total. The summed E-state index contributed by atoms with van der Waals surface area (Å²) in [7, 11) is 0. The van der Waals surface area contributed by atoms with Crippen molar-refractivity contribution in [1.29, 1.82) is 0 Å². The molecule has 0 radical (unpaired) electrons. The first-order valence-corrected chi connectivity index (χ1v) is 7.99. The van der Waals surface area contributed by atoms with Crippen LogP contribution in [-0.4, -0.2) is 4.57 Å². The molecular formula is C15H11I2N2+. The van der Waals surface area contributed by atoms with E-state index in [9.17, 15) is 0 Å². The molecule has 0 saturated carbocycles. The second-order valence-electron chi connectivity index (χ2n) is 4.18. The van der Waals surface area contributed by atoms with E-state index in [1.807, 2.05) is 0 Å². The number of imidazole rings is 1. The van der Waals surface area contributed by atoms with Crippen LogP contribution in [-0.2, 0) is 0 Å². The van der Waals surface area contributed by atoms with E-state index in [-0.39, 0.29) is 0 Å². The molecule has 19 heavy (non-hydrogen) atoms. The van der Waals surface area contributed by atoms with Crippen molar-refractivity contribution >= 4 is 45.2 Å². The monoisotopic (exact) mass is 473 g/mol. The predicted molar refractivity (Wildman–Crippen MR) is 92.7 cm³/mol. The van der Waals surface area contributed by atoms with Gasteiger partial charge in [-0.3, -0.25) is 0 Å². The van der Waals surface area contributed by atoms with E-state index in [0.717, 1.165) is 0 Å². The summed E-state index contributed by atoms with van der Waals surface area (Å²) < 4.78 is 6.74. The fourth-order valence-corrected chi connectivity index (χ4v) is 2.61. The zero-order chi connectivity index (χ0) is 13.2. The van der Waals surface area contributed by atoms with Gasteiger partial charge in [0.05, 0.1) is 0 Å². The van der Waals surface area contributed by atoms with Gasteiger partial charge in [-0.2, -0.15) is 0 Å². The summed E-state index contributed by atoms with van der Waals surface area (Å²) in [5, 5.41) is 0. The minimum absolute atomic E-state index is 1.17. The molecule has 94 valence electrons. The Bertz CT molecular complexity index is 625. The molecule has 1 heterocycles. The molecule has 0 amide bonds. The molecule has 0 aliphatic carbocycles. The van der Waals surface area contributed by atoms with E-state index in [0.29, 0.717) is 0 Å². The van der Waals surface area contributed by atoms with Crippen molar-refractivity contribution in [1.82, 2.24) is 4.57 Å². The standard InChI is InChI=1S/C15H11I2N2/c16-12-1-5-14(6-2-12)18-9-10-19(11-18)15-7-3-13(17)4-8-15/h1-11H/q+1. The van der Waals surface area contributed by atoms with Gasteiger partial charge in [0.15, 0.2) is 0 Å². The molecule has 0 spiro atoms. The average Bonchev–Trinajstić information content (AvgIpc) is 2.90. The van der Waals surface area contributed by atoms with E-state index in [2.05, 4.69) is 122 Å². The summed E-state index contributed by atoms with van der Waals surface area (Å²) in [5.74, 6) is 0. The Morgan fingerprint density at radius 2 is 1.37 bits per heavy atom. The van der Waals surface area contributed by atoms with Crippen LogP contribution in [0.3, 0.4) is 0 Å². The third-order valence-electron chi connectivity index (χ3n) is 2.89. The van der Waals surface area contributed by atoms with Gasteiger partial charge in [0.2, 0.25) is 0 Å². The number of hydrogen-bond donors (Lipinski definition) is 0. The molecule has 0 bridgehead atoms. The third kappa shape index (κ3) is 3.00. The van der Waals surface area contributed by atoms with Gasteiger partial charge in [-0.1, -0.05) is 0 Å². The lowest BCUT2D eigenvalue weighted by Crippen LogP contribution is -2.27. The summed E-state index contributed by atoms with van der Waals surface area (Å²) in [5.41, 5.74) is 2.34. The van der Waals surface area contributed by atoms with Gasteiger partial charge in [0.1, 0.15) is 23.8 Å². The van der Waals surface area contributed by atoms with Crippen LogP contribution in [0, 0.1) is 7.14 Å². The Morgan fingerprint density at radius 1 is 0.789 bits per heavy atom. The van der Waals surface area contributed by atoms with E-state index < -0.39 is 0 Å². The van der Waals surface area contributed by atoms with Crippen LogP contribution in [0.4, 0.5) is 0 Å². The lowest BCUT2D eigenvalue weighted by Gasteiger charge is -1.97. The number of rotatable bonds is 2. The molecule has 1 aromatic heterocycles. The molecule has 4 heteroatoms. The predicted octanol–water partition coefficient (Wildman–Crippen LogP) is 3.96. The van der Waals surface area contributed by atoms with E-state index in [1.54, 1.807) is 0 Å². The summed E-state index contributed by atoms with van der Waals surface area (Å²) in [6.45, 7) is 0. The van der Waals surface area contributed by atoms with Crippen molar-refractivity contribution in [2.24, 2.45) is 0 Å². The van der Waals surface area contributed by atoms with Gasteiger partial charge < -0.3 is 0 Å². The molecule has 0 fully saturated rings. The smallest absolute Gasteiger partial charge is 0.202 e. The maximum atomic E-state index is 2.32. The van der Waals surface area contributed by atoms with Gasteiger partial charge in [0.25, 0.3) is 6.33 Å². The SMILES string of the molecule is Ic1ccc(-n2cc[n+](-c3ccc(I)cc3)c2)cc1. The summed E-state index contributed by atoms with van der Waals surface area (Å²) in [6.07, 6.45) is 6.23. The molecule has 0 unspecified atom stereocenters. The van der Waals surface area contributed by atoms with Gasteiger partial charge in [-0.25, -0.2) is 9.13 Å². The highest BCUT2D eigenvalue weighted by molar-refractivity contribution is 14.1. The zero-order valence-corrected chi connectivity index (χ0v) is 14.3. The van der Waals surface area contributed by atoms with Gasteiger partial charge >= 0.3 is 0 Å². The highest BCUT2D eigenvalue weighted by Crippen LogP contribution is 2.11. The maximum Gasteiger partial charge on any atom is 0.254 e. The Labute approximate surface area is 139 Å². The average molecular weight is 473 g/mol. The van der Waals surface area contributed by atoms with E-state index >= 15 is 0 Å². The Balaban J connectivity index is 1.95. The molecule has 2 aromatic carbocycles. The minimum Gasteiger partial charge on any atom is -0.202 e. The summed E-state index contributed by atoms with van der Waals surface area (Å²) in [6, 6.07) is 17.0. The minimum atomic E-state index is 1.17. The van der Waals surface area contributed by atoms with Gasteiger partial charge in [-0.05, 0) is 93.7 Å². The number of halogens is 2. The largest absolute Gasteiger partial charge is 0.254 e. The number of hydrogen-bond acceptors (Lipinski definition) is 0. The molecular weight excluding hydrogens is 462 g/mol. The molecule has 0 aliphatic heterocycles. The Kier molecular flexibility index (Phi) is 3.88. The van der Waals surface area contributed by atoms with Crippen LogP contribution in [0.5, 0.6) is 0 Å². The van der Waals surface area contributed by atoms with Gasteiger partial charge in [0, 0.05) is 7.14 Å². The van der Waals surface area contributed by atoms with Crippen molar-refractivity contribution < 1.29 is 4.57 Å². The molecule has 3 rings (SSSR count). The number of nitrogens with zero attached hydrogens (tertiary/aromatic N) is 2. The van der Waals surface area contributed by atoms with Crippen molar-refractivity contribution in [3.05, 3.63) is 74.4 Å². The molecule has 0 aliphatic rings. The van der Waals surface area contributed by atoms with E-state index in [4.69, 9.17) is 0 Å². The normalized spacial score (nSPS) is 10.6. The fraction of sp³-hybridized carbons (Fsp3) is 0. The lowest BCUT2D eigenvalue weighted by molar-refractivity contribution is -0.594. The van der Waals surface area contributed by atoms with E-state index in [1.165, 1.54) is 18.5 Å². The second-order valence-corrected chi connectivity index (χ2v) is 6.67. The topological polar surface area (TPSA) is 8.81 Å². The Hall–Kier alpha value is -0.890. The molecule has 2 nitrogen and oxygen atoms in total. The first-order chi connectivity index (χ1) is 9.22. The summed E-state index contributed by atoms with van der Waals surface area (Å²) >= 11 is 4.64. The highest BCUT2D eigenvalue weighted by Gasteiger charge is 2.08. The summed E-state index contributed by atoms with van der Waals surface area (Å²) in [4.78, 5) is 0. The first kappa shape index (κ1) is 13.1. The Morgan fingerprint density at radius 3 is 2.00 bits per heavy atom. The molecule has 3 aromatic rings. The fourth-order valence-electron chi connectivity index (χ4n) is 1.89. The quantitative estimate of drug-likeness (QED) is 0.394. The van der Waals surface area contributed by atoms with Crippen molar-refractivity contribution in [2.75, 3.05) is 0 Å².